The van der Waals surface area contributed by atoms with E-state index >= 15 is 0 Å². The van der Waals surface area contributed by atoms with Crippen molar-refractivity contribution in [3.63, 3.8) is 0 Å². The molecule has 0 nitrogen and oxygen atoms in total. The molecule has 1 heteroatoms. The van der Waals surface area contributed by atoms with E-state index in [0.29, 0.717) is 0 Å². The highest BCUT2D eigenvalue weighted by Gasteiger charge is 2.59. The Hall–Kier alpha value is -5.76. The average molecular weight is 712 g/mol. The van der Waals surface area contributed by atoms with Crippen molar-refractivity contribution >= 4 is 15.9 Å². The number of benzene rings is 8. The lowest BCUT2D eigenvalue weighted by molar-refractivity contribution is 0.633. The van der Waals surface area contributed by atoms with Gasteiger partial charge in [0, 0.05) is 10.0 Å². The summed E-state index contributed by atoms with van der Waals surface area (Å²) in [6, 6.07) is 70.6. The van der Waals surface area contributed by atoms with E-state index in [4.69, 9.17) is 0 Å². The Morgan fingerprint density at radius 3 is 1.22 bits per heavy atom. The van der Waals surface area contributed by atoms with Crippen molar-refractivity contribution < 1.29 is 0 Å². The van der Waals surface area contributed by atoms with Gasteiger partial charge in [0.15, 0.2) is 0 Å². The SMILES string of the molecule is Brc1cccc2c1-c1ccccc1C21c2ccc(-c3ccccc3)cc2C2(c3ccccc3-c3ccccc32)c2ccc(-c3ccccc3)cc21. The Balaban J connectivity index is 1.38. The van der Waals surface area contributed by atoms with Crippen LogP contribution in [-0.4, -0.2) is 0 Å². The minimum atomic E-state index is -0.544. The van der Waals surface area contributed by atoms with E-state index in [1.807, 2.05) is 0 Å². The molecule has 2 spiro atoms. The Morgan fingerprint density at radius 1 is 0.275 bits per heavy atom. The van der Waals surface area contributed by atoms with Crippen LogP contribution in [0.1, 0.15) is 44.5 Å². The molecule has 8 aromatic carbocycles. The topological polar surface area (TPSA) is 0 Å². The monoisotopic (exact) mass is 710 g/mol. The van der Waals surface area contributed by atoms with E-state index in [1.165, 1.54) is 89.0 Å². The first-order chi connectivity index (χ1) is 25.2. The van der Waals surface area contributed by atoms with Crippen LogP contribution < -0.4 is 0 Å². The molecular formula is C50H31Br. The molecule has 0 fully saturated rings. The fraction of sp³-hybridized carbons (Fsp3) is 0.0400. The van der Waals surface area contributed by atoms with Gasteiger partial charge in [-0.2, -0.15) is 0 Å². The molecule has 0 saturated carbocycles. The van der Waals surface area contributed by atoms with Crippen molar-refractivity contribution in [1.29, 1.82) is 0 Å². The number of hydrogen-bond donors (Lipinski definition) is 0. The van der Waals surface area contributed by atoms with Crippen LogP contribution in [0.5, 0.6) is 0 Å². The molecule has 8 aromatic rings. The molecule has 0 radical (unpaired) electrons. The fourth-order valence-electron chi connectivity index (χ4n) is 9.95. The zero-order valence-corrected chi connectivity index (χ0v) is 29.4. The first-order valence-electron chi connectivity index (χ1n) is 17.7. The van der Waals surface area contributed by atoms with Crippen LogP contribution in [0.15, 0.2) is 193 Å². The van der Waals surface area contributed by atoms with Gasteiger partial charge in [-0.25, -0.2) is 0 Å². The highest BCUT2D eigenvalue weighted by atomic mass is 79.9. The summed E-state index contributed by atoms with van der Waals surface area (Å²) in [5, 5.41) is 0. The molecule has 51 heavy (non-hydrogen) atoms. The Labute approximate surface area is 306 Å². The standard InChI is InChI=1S/C50H31Br/c51-47-25-13-24-44-48(47)38-20-9-12-23-41(38)50(44)43-29-27-34(32-14-3-1-4-15-32)30-45(43)49(39-21-10-7-18-36(39)37-19-8-11-22-40(37)49)42-28-26-35(31-46(42)50)33-16-5-2-6-17-33/h1-31H. The highest BCUT2D eigenvalue weighted by Crippen LogP contribution is 2.68. The minimum Gasteiger partial charge on any atom is -0.0622 e. The average Bonchev–Trinajstić information content (AvgIpc) is 3.67. The van der Waals surface area contributed by atoms with Crippen LogP contribution in [0.25, 0.3) is 44.5 Å². The number of rotatable bonds is 2. The Kier molecular flexibility index (Phi) is 6.04. The maximum absolute atomic E-state index is 4.04. The van der Waals surface area contributed by atoms with Crippen LogP contribution in [0.4, 0.5) is 0 Å². The van der Waals surface area contributed by atoms with E-state index in [2.05, 4.69) is 204 Å². The Bertz CT molecular complexity index is 2660. The van der Waals surface area contributed by atoms with Crippen LogP contribution in [0.2, 0.25) is 0 Å². The molecule has 0 saturated heterocycles. The third kappa shape index (κ3) is 3.64. The molecule has 3 aliphatic rings. The lowest BCUT2D eigenvalue weighted by Gasteiger charge is -2.49. The van der Waals surface area contributed by atoms with Gasteiger partial charge in [0.05, 0.1) is 10.8 Å². The second kappa shape index (κ2) is 10.6. The predicted octanol–water partition coefficient (Wildman–Crippen LogP) is 12.8. The van der Waals surface area contributed by atoms with Gasteiger partial charge in [0.2, 0.25) is 0 Å². The van der Waals surface area contributed by atoms with Gasteiger partial charge in [-0.15, -0.1) is 0 Å². The summed E-state index contributed by atoms with van der Waals surface area (Å²) in [4.78, 5) is 0. The molecule has 0 bridgehead atoms. The molecule has 11 rings (SSSR count). The van der Waals surface area contributed by atoms with Crippen molar-refractivity contribution in [2.24, 2.45) is 0 Å². The zero-order valence-electron chi connectivity index (χ0n) is 27.8. The predicted molar refractivity (Wildman–Crippen MR) is 213 cm³/mol. The summed E-state index contributed by atoms with van der Waals surface area (Å²) >= 11 is 4.04. The van der Waals surface area contributed by atoms with Gasteiger partial charge >= 0.3 is 0 Å². The first kappa shape index (κ1) is 29.0. The third-order valence-corrected chi connectivity index (χ3v) is 12.5. The molecular weight excluding hydrogens is 680 g/mol. The molecule has 238 valence electrons. The van der Waals surface area contributed by atoms with Gasteiger partial charge in [0.1, 0.15) is 0 Å². The first-order valence-corrected chi connectivity index (χ1v) is 18.5. The summed E-state index contributed by atoms with van der Waals surface area (Å²) in [5.41, 5.74) is 19.8. The molecule has 0 aromatic heterocycles. The van der Waals surface area contributed by atoms with Crippen molar-refractivity contribution in [2.45, 2.75) is 10.8 Å². The second-order valence-electron chi connectivity index (χ2n) is 14.1. The van der Waals surface area contributed by atoms with E-state index in [0.717, 1.165) is 4.47 Å². The van der Waals surface area contributed by atoms with Gasteiger partial charge in [-0.1, -0.05) is 186 Å². The smallest absolute Gasteiger partial charge is 0.0622 e. The quantitative estimate of drug-likeness (QED) is 0.167. The summed E-state index contributed by atoms with van der Waals surface area (Å²) in [6.45, 7) is 0. The largest absolute Gasteiger partial charge is 0.0720 e. The molecule has 1 unspecified atom stereocenters. The lowest BCUT2D eigenvalue weighted by atomic mass is 9.52. The fourth-order valence-corrected chi connectivity index (χ4v) is 10.5. The normalized spacial score (nSPS) is 16.6. The summed E-state index contributed by atoms with van der Waals surface area (Å²) in [6.07, 6.45) is 0. The molecule has 0 heterocycles. The summed E-state index contributed by atoms with van der Waals surface area (Å²) in [5.74, 6) is 0. The molecule has 0 N–H and O–H groups in total. The zero-order chi connectivity index (χ0) is 33.7. The summed E-state index contributed by atoms with van der Waals surface area (Å²) in [7, 11) is 0. The van der Waals surface area contributed by atoms with Crippen molar-refractivity contribution in [3.05, 3.63) is 237 Å². The van der Waals surface area contributed by atoms with E-state index in [9.17, 15) is 0 Å². The van der Waals surface area contributed by atoms with Crippen LogP contribution in [-0.2, 0) is 10.8 Å². The highest BCUT2D eigenvalue weighted by molar-refractivity contribution is 9.10. The van der Waals surface area contributed by atoms with Crippen molar-refractivity contribution in [2.75, 3.05) is 0 Å². The van der Waals surface area contributed by atoms with Gasteiger partial charge in [0.25, 0.3) is 0 Å². The van der Waals surface area contributed by atoms with Gasteiger partial charge in [-0.05, 0) is 102 Å². The maximum Gasteiger partial charge on any atom is 0.0720 e. The van der Waals surface area contributed by atoms with E-state index < -0.39 is 10.8 Å². The second-order valence-corrected chi connectivity index (χ2v) is 14.9. The Morgan fingerprint density at radius 2 is 0.686 bits per heavy atom. The van der Waals surface area contributed by atoms with Crippen molar-refractivity contribution in [1.82, 2.24) is 0 Å². The van der Waals surface area contributed by atoms with Crippen LogP contribution in [0, 0.1) is 0 Å². The van der Waals surface area contributed by atoms with Crippen LogP contribution in [0.3, 0.4) is 0 Å². The number of fused-ring (bicyclic) bond motifs is 16. The molecule has 0 amide bonds. The molecule has 3 aliphatic carbocycles. The van der Waals surface area contributed by atoms with Crippen molar-refractivity contribution in [3.8, 4) is 44.5 Å². The maximum atomic E-state index is 4.04. The molecule has 0 aliphatic heterocycles. The van der Waals surface area contributed by atoms with E-state index in [1.54, 1.807) is 0 Å². The van der Waals surface area contributed by atoms with E-state index in [-0.39, 0.29) is 0 Å². The summed E-state index contributed by atoms with van der Waals surface area (Å²) < 4.78 is 1.13. The lowest BCUT2D eigenvalue weighted by Crippen LogP contribution is -2.44. The number of hydrogen-bond acceptors (Lipinski definition) is 0. The van der Waals surface area contributed by atoms with Gasteiger partial charge in [-0.3, -0.25) is 0 Å². The number of halogens is 1. The van der Waals surface area contributed by atoms with Gasteiger partial charge < -0.3 is 0 Å². The van der Waals surface area contributed by atoms with Crippen LogP contribution >= 0.6 is 15.9 Å². The minimum absolute atomic E-state index is 0.521. The molecule has 1 atom stereocenters. The third-order valence-electron chi connectivity index (χ3n) is 11.8.